The monoisotopic (exact) mass is 613 g/mol. The number of aromatic nitrogens is 1. The standard InChI is InChI=1S/C18H24F3NO.C16H22N4O/c1-3-14-15(17(23)4-2)8-13(9-16(14)18(19,20)21)11-22-10-12-6-5-7-12;1-10-5-12(6-14(19-10)11-3-4-11)15(13-7-21-8-13)16(18)20(2)9-17/h8-9,12,22H,3-7,10-11H2,1-2H3;5-6,9,11,13,15,17-18H,3-4,7-8H2,1-2H3. The van der Waals surface area contributed by atoms with Gasteiger partial charge in [-0.3, -0.25) is 20.6 Å². The molecule has 2 heterocycles. The summed E-state index contributed by atoms with van der Waals surface area (Å²) in [6.07, 6.45) is 3.25. The van der Waals surface area contributed by atoms with E-state index < -0.39 is 11.7 Å². The zero-order valence-corrected chi connectivity index (χ0v) is 26.3. The highest BCUT2D eigenvalue weighted by Crippen LogP contribution is 2.41. The molecule has 44 heavy (non-hydrogen) atoms. The van der Waals surface area contributed by atoms with E-state index in [1.165, 1.54) is 50.2 Å². The highest BCUT2D eigenvalue weighted by atomic mass is 19.4. The van der Waals surface area contributed by atoms with Gasteiger partial charge in [0.2, 0.25) is 0 Å². The second kappa shape index (κ2) is 14.8. The van der Waals surface area contributed by atoms with E-state index in [0.717, 1.165) is 17.8 Å². The first-order chi connectivity index (χ1) is 21.0. The lowest BCUT2D eigenvalue weighted by molar-refractivity contribution is -0.138. The van der Waals surface area contributed by atoms with Crippen molar-refractivity contribution in [3.8, 4) is 0 Å². The van der Waals surface area contributed by atoms with Crippen LogP contribution in [-0.2, 0) is 23.9 Å². The molecule has 1 aromatic heterocycles. The molecule has 3 aliphatic rings. The van der Waals surface area contributed by atoms with Gasteiger partial charge in [-0.15, -0.1) is 0 Å². The van der Waals surface area contributed by atoms with Gasteiger partial charge >= 0.3 is 6.18 Å². The predicted octanol–water partition coefficient (Wildman–Crippen LogP) is 7.26. The van der Waals surface area contributed by atoms with Gasteiger partial charge in [-0.25, -0.2) is 0 Å². The Bertz CT molecular complexity index is 1330. The van der Waals surface area contributed by atoms with Crippen LogP contribution in [0.3, 0.4) is 0 Å². The average molecular weight is 614 g/mol. The number of hydrogen-bond acceptors (Lipinski definition) is 6. The molecule has 0 radical (unpaired) electrons. The normalized spacial score (nSPS) is 17.5. The first kappa shape index (κ1) is 33.8. The van der Waals surface area contributed by atoms with Crippen LogP contribution in [0.1, 0.15) is 108 Å². The predicted molar refractivity (Wildman–Crippen MR) is 167 cm³/mol. The Balaban J connectivity index is 0.000000201. The van der Waals surface area contributed by atoms with Crippen LogP contribution in [0.2, 0.25) is 0 Å². The lowest BCUT2D eigenvalue weighted by atomic mass is 9.83. The fourth-order valence-corrected chi connectivity index (χ4v) is 5.90. The number of pyridine rings is 1. The molecule has 2 aromatic rings. The maximum Gasteiger partial charge on any atom is 0.416 e. The van der Waals surface area contributed by atoms with Gasteiger partial charge in [0.25, 0.3) is 0 Å². The fourth-order valence-electron chi connectivity index (χ4n) is 5.90. The van der Waals surface area contributed by atoms with Crippen LogP contribution in [0.5, 0.6) is 0 Å². The molecular weight excluding hydrogens is 567 g/mol. The summed E-state index contributed by atoms with van der Waals surface area (Å²) in [5.74, 6) is 1.80. The number of hydrogen-bond donors (Lipinski definition) is 3. The topological polar surface area (TPSA) is 102 Å². The second-order valence-corrected chi connectivity index (χ2v) is 12.4. The minimum absolute atomic E-state index is 0.00968. The maximum atomic E-state index is 13.3. The molecule has 3 N–H and O–H groups in total. The number of rotatable bonds is 12. The minimum Gasteiger partial charge on any atom is -0.381 e. The number of aryl methyl sites for hydroxylation is 1. The zero-order chi connectivity index (χ0) is 32.0. The molecule has 10 heteroatoms. The van der Waals surface area contributed by atoms with Crippen LogP contribution in [-0.4, -0.2) is 54.6 Å². The molecule has 0 spiro atoms. The Kier molecular flexibility index (Phi) is 11.3. The van der Waals surface area contributed by atoms with Crippen LogP contribution < -0.4 is 5.32 Å². The number of Topliss-reactive ketones (excluding diaryl/α,β-unsaturated/α-hetero) is 1. The number of ketones is 1. The van der Waals surface area contributed by atoms with Gasteiger partial charge in [0, 0.05) is 54.7 Å². The molecule has 7 nitrogen and oxygen atoms in total. The summed E-state index contributed by atoms with van der Waals surface area (Å²) < 4.78 is 45.4. The van der Waals surface area contributed by atoms with E-state index >= 15 is 0 Å². The van der Waals surface area contributed by atoms with Crippen molar-refractivity contribution in [1.29, 1.82) is 10.8 Å². The molecule has 0 amide bonds. The largest absolute Gasteiger partial charge is 0.416 e. The van der Waals surface area contributed by atoms with Crippen LogP contribution >= 0.6 is 0 Å². The Morgan fingerprint density at radius 2 is 1.86 bits per heavy atom. The summed E-state index contributed by atoms with van der Waals surface area (Å²) >= 11 is 0. The highest BCUT2D eigenvalue weighted by Gasteiger charge is 2.36. The number of nitrogens with one attached hydrogen (secondary N) is 3. The number of alkyl halides is 3. The molecule has 0 bridgehead atoms. The van der Waals surface area contributed by atoms with Crippen molar-refractivity contribution in [2.75, 3.05) is 26.8 Å². The molecular formula is C34H46F3N5O2. The van der Waals surface area contributed by atoms with E-state index in [9.17, 15) is 18.0 Å². The third-order valence-corrected chi connectivity index (χ3v) is 8.93. The number of benzene rings is 1. The number of amidine groups is 1. The van der Waals surface area contributed by atoms with Crippen molar-refractivity contribution < 1.29 is 22.7 Å². The first-order valence-electron chi connectivity index (χ1n) is 15.8. The average Bonchev–Trinajstić information content (AvgIpc) is 3.80. The number of halogens is 3. The summed E-state index contributed by atoms with van der Waals surface area (Å²) in [7, 11) is 1.76. The number of carbonyl (C=O) groups is 1. The summed E-state index contributed by atoms with van der Waals surface area (Å²) in [6, 6.07) is 7.08. The number of likely N-dealkylation sites (N-methyl/N-ethyl adjacent to an activating group) is 1. The Morgan fingerprint density at radius 1 is 1.16 bits per heavy atom. The maximum absolute atomic E-state index is 13.3. The van der Waals surface area contributed by atoms with E-state index in [-0.39, 0.29) is 35.7 Å². The van der Waals surface area contributed by atoms with Gasteiger partial charge in [-0.05, 0) is 92.4 Å². The van der Waals surface area contributed by atoms with Gasteiger partial charge in [-0.2, -0.15) is 13.2 Å². The van der Waals surface area contributed by atoms with E-state index in [0.29, 0.717) is 48.9 Å². The van der Waals surface area contributed by atoms with Crippen molar-refractivity contribution in [3.63, 3.8) is 0 Å². The summed E-state index contributed by atoms with van der Waals surface area (Å²) in [5.41, 5.74) is 3.55. The molecule has 2 saturated carbocycles. The molecule has 1 unspecified atom stereocenters. The smallest absolute Gasteiger partial charge is 0.381 e. The van der Waals surface area contributed by atoms with Gasteiger partial charge in [-0.1, -0.05) is 20.3 Å². The SMILES string of the molecule is CCC(=O)c1cc(CNCC2CCC2)cc(C(F)(F)F)c1CC.Cc1cc(C(C(=N)N(C)C=N)C2COC2)cc(C2CC2)n1. The molecule has 1 aliphatic heterocycles. The molecule has 240 valence electrons. The second-order valence-electron chi connectivity index (χ2n) is 12.4. The van der Waals surface area contributed by atoms with Gasteiger partial charge < -0.3 is 15.0 Å². The van der Waals surface area contributed by atoms with Crippen LogP contribution in [0.4, 0.5) is 13.2 Å². The van der Waals surface area contributed by atoms with Gasteiger partial charge in [0.05, 0.1) is 25.1 Å². The molecule has 5 rings (SSSR count). The fraction of sp³-hybridized carbons (Fsp3) is 0.588. The quantitative estimate of drug-likeness (QED) is 0.133. The summed E-state index contributed by atoms with van der Waals surface area (Å²) in [5, 5.41) is 19.0. The number of nitrogens with zero attached hydrogens (tertiary/aromatic N) is 2. The molecule has 3 fully saturated rings. The zero-order valence-electron chi connectivity index (χ0n) is 26.3. The van der Waals surface area contributed by atoms with Crippen LogP contribution in [0, 0.1) is 29.6 Å². The van der Waals surface area contributed by atoms with E-state index in [1.807, 2.05) is 6.92 Å². The van der Waals surface area contributed by atoms with Crippen LogP contribution in [0.15, 0.2) is 24.3 Å². The highest BCUT2D eigenvalue weighted by molar-refractivity contribution is 5.98. The molecule has 1 saturated heterocycles. The van der Waals surface area contributed by atoms with E-state index in [4.69, 9.17) is 15.6 Å². The van der Waals surface area contributed by atoms with Gasteiger partial charge in [0.15, 0.2) is 5.78 Å². The molecule has 1 aromatic carbocycles. The lowest BCUT2D eigenvalue weighted by Crippen LogP contribution is -2.41. The number of carbonyl (C=O) groups excluding carboxylic acids is 1. The first-order valence-corrected chi connectivity index (χ1v) is 15.8. The number of ether oxygens (including phenoxy) is 1. The molecule has 1 atom stereocenters. The third-order valence-electron chi connectivity index (χ3n) is 8.93. The summed E-state index contributed by atoms with van der Waals surface area (Å²) in [4.78, 5) is 18.3. The van der Waals surface area contributed by atoms with E-state index in [1.54, 1.807) is 31.9 Å². The van der Waals surface area contributed by atoms with E-state index in [2.05, 4.69) is 22.4 Å². The Morgan fingerprint density at radius 3 is 2.36 bits per heavy atom. The minimum atomic E-state index is -4.43. The Hall–Kier alpha value is -3.11. The Labute approximate surface area is 259 Å². The third kappa shape index (κ3) is 8.33. The van der Waals surface area contributed by atoms with Crippen LogP contribution in [0.25, 0.3) is 0 Å². The van der Waals surface area contributed by atoms with Crippen molar-refractivity contribution in [2.45, 2.75) is 90.3 Å². The van der Waals surface area contributed by atoms with Crippen molar-refractivity contribution in [1.82, 2.24) is 15.2 Å². The van der Waals surface area contributed by atoms with Crippen molar-refractivity contribution in [3.05, 3.63) is 63.5 Å². The lowest BCUT2D eigenvalue weighted by Gasteiger charge is -2.36. The van der Waals surface area contributed by atoms with Crippen molar-refractivity contribution in [2.24, 2.45) is 11.8 Å². The molecule has 2 aliphatic carbocycles. The van der Waals surface area contributed by atoms with Gasteiger partial charge in [0.1, 0.15) is 5.84 Å². The van der Waals surface area contributed by atoms with Crippen molar-refractivity contribution >= 4 is 18.0 Å². The summed E-state index contributed by atoms with van der Waals surface area (Å²) in [6.45, 7) is 7.94.